The van der Waals surface area contributed by atoms with Crippen LogP contribution in [0.2, 0.25) is 0 Å². The van der Waals surface area contributed by atoms with Crippen LogP contribution in [0.4, 0.5) is 0 Å². The molecule has 0 aliphatic rings. The highest BCUT2D eigenvalue weighted by molar-refractivity contribution is 14.0. The van der Waals surface area contributed by atoms with Gasteiger partial charge in [-0.05, 0) is 0 Å². The summed E-state index contributed by atoms with van der Waals surface area (Å²) < 4.78 is 8.88. The van der Waals surface area contributed by atoms with Crippen molar-refractivity contribution in [1.82, 2.24) is 0 Å². The Morgan fingerprint density at radius 3 is 0.875 bits per heavy atom. The molecule has 0 radical (unpaired) electrons. The quantitative estimate of drug-likeness (QED) is 0.355. The largest absolute Gasteiger partial charge is 0.466 e. The zero-order valence-corrected chi connectivity index (χ0v) is 11.3. The van der Waals surface area contributed by atoms with Crippen molar-refractivity contribution in [2.24, 2.45) is 0 Å². The van der Waals surface area contributed by atoms with Crippen molar-refractivity contribution in [3.8, 4) is 0 Å². The lowest BCUT2D eigenvalue weighted by molar-refractivity contribution is 0.275. The first-order valence-corrected chi connectivity index (χ1v) is 2.35. The first-order valence-electron chi connectivity index (χ1n) is 0.783. The van der Waals surface area contributed by atoms with Gasteiger partial charge in [0.2, 0.25) is 0 Å². The van der Waals surface area contributed by atoms with E-state index in [4.69, 9.17) is 19.2 Å². The standard InChI is InChI=1S/3HI.H3O4P/c;;;1-5(2,3)4/h3*1H;(H3,1,2,3,4). The van der Waals surface area contributed by atoms with Crippen LogP contribution >= 0.6 is 79.8 Å². The van der Waals surface area contributed by atoms with Crippen LogP contribution in [0.25, 0.3) is 0 Å². The minimum atomic E-state index is -4.64. The molecule has 0 aliphatic carbocycles. The first kappa shape index (κ1) is 22.4. The normalized spacial score (nSPS) is 7.38. The molecule has 0 rings (SSSR count). The maximum absolute atomic E-state index is 8.88. The molecule has 0 aromatic carbocycles. The number of rotatable bonds is 0. The summed E-state index contributed by atoms with van der Waals surface area (Å²) in [5.74, 6) is 0. The number of phosphoric acid groups is 1. The molecule has 8 heteroatoms. The molecule has 3 N–H and O–H groups in total. The number of hydrogen-bond acceptors (Lipinski definition) is 1. The molecule has 0 saturated heterocycles. The molecule has 0 spiro atoms. The minimum Gasteiger partial charge on any atom is -0.303 e. The van der Waals surface area contributed by atoms with Gasteiger partial charge < -0.3 is 14.7 Å². The van der Waals surface area contributed by atoms with Gasteiger partial charge in [-0.2, -0.15) is 0 Å². The van der Waals surface area contributed by atoms with Gasteiger partial charge in [-0.3, -0.25) is 0 Å². The second kappa shape index (κ2) is 9.30. The van der Waals surface area contributed by atoms with Gasteiger partial charge >= 0.3 is 7.82 Å². The molecule has 0 saturated carbocycles. The van der Waals surface area contributed by atoms with Gasteiger partial charge in [-0.15, -0.1) is 71.9 Å². The Balaban J connectivity index is -0.0000000267. The van der Waals surface area contributed by atoms with Gasteiger partial charge in [0.05, 0.1) is 0 Å². The molecule has 8 heavy (non-hydrogen) atoms. The molecule has 0 heterocycles. The van der Waals surface area contributed by atoms with E-state index in [2.05, 4.69) is 0 Å². The van der Waals surface area contributed by atoms with Crippen LogP contribution < -0.4 is 0 Å². The lowest BCUT2D eigenvalue weighted by Crippen LogP contribution is -1.66. The van der Waals surface area contributed by atoms with Crippen LogP contribution in [0, 0.1) is 0 Å². The number of halogens is 3. The minimum absolute atomic E-state index is 0. The van der Waals surface area contributed by atoms with Crippen molar-refractivity contribution in [2.75, 3.05) is 0 Å². The average Bonchev–Trinajstić information content (AvgIpc) is 0.722. The van der Waals surface area contributed by atoms with Crippen molar-refractivity contribution in [3.05, 3.63) is 0 Å². The molecular weight excluding hydrogens is 476 g/mol. The van der Waals surface area contributed by atoms with Crippen LogP contribution in [-0.4, -0.2) is 14.7 Å². The van der Waals surface area contributed by atoms with Crippen molar-refractivity contribution in [2.45, 2.75) is 0 Å². The van der Waals surface area contributed by atoms with Crippen molar-refractivity contribution in [1.29, 1.82) is 0 Å². The average molecular weight is 482 g/mol. The summed E-state index contributed by atoms with van der Waals surface area (Å²) in [4.78, 5) is 21.6. The topological polar surface area (TPSA) is 77.8 Å². The fraction of sp³-hybridized carbons (Fsp3) is 0. The summed E-state index contributed by atoms with van der Waals surface area (Å²) in [5, 5.41) is 0. The third-order valence-corrected chi connectivity index (χ3v) is 0. The monoisotopic (exact) mass is 482 g/mol. The van der Waals surface area contributed by atoms with E-state index in [1.165, 1.54) is 0 Å². The van der Waals surface area contributed by atoms with E-state index >= 15 is 0 Å². The molecule has 0 unspecified atom stereocenters. The Morgan fingerprint density at radius 2 is 0.875 bits per heavy atom. The van der Waals surface area contributed by atoms with E-state index in [-0.39, 0.29) is 71.9 Å². The maximum Gasteiger partial charge on any atom is 0.466 e. The fourth-order valence-corrected chi connectivity index (χ4v) is 0. The van der Waals surface area contributed by atoms with E-state index in [9.17, 15) is 0 Å². The zero-order valence-electron chi connectivity index (χ0n) is 3.42. The Morgan fingerprint density at radius 1 is 0.875 bits per heavy atom. The van der Waals surface area contributed by atoms with Crippen molar-refractivity contribution < 1.29 is 19.2 Å². The van der Waals surface area contributed by atoms with E-state index in [0.29, 0.717) is 0 Å². The highest BCUT2D eigenvalue weighted by atomic mass is 127. The summed E-state index contributed by atoms with van der Waals surface area (Å²) >= 11 is 0. The lowest BCUT2D eigenvalue weighted by atomic mass is 15.8. The molecule has 0 aromatic rings. The van der Waals surface area contributed by atoms with Gasteiger partial charge in [-0.25, -0.2) is 4.57 Å². The Labute approximate surface area is 97.7 Å². The Hall–Kier alpha value is 2.30. The van der Waals surface area contributed by atoms with Gasteiger partial charge in [0.15, 0.2) is 0 Å². The predicted molar refractivity (Wildman–Crippen MR) is 60.5 cm³/mol. The Kier molecular flexibility index (Phi) is 26.1. The molecular formula is H6I3O4P. The van der Waals surface area contributed by atoms with Crippen molar-refractivity contribution >= 4 is 79.8 Å². The third-order valence-electron chi connectivity index (χ3n) is 0. The first-order chi connectivity index (χ1) is 2.00. The molecule has 0 aliphatic heterocycles. The summed E-state index contributed by atoms with van der Waals surface area (Å²) in [6.07, 6.45) is 0. The van der Waals surface area contributed by atoms with E-state index in [1.54, 1.807) is 0 Å². The smallest absolute Gasteiger partial charge is 0.303 e. The van der Waals surface area contributed by atoms with Crippen LogP contribution in [0.3, 0.4) is 0 Å². The molecule has 0 amide bonds. The van der Waals surface area contributed by atoms with Crippen LogP contribution in [0.15, 0.2) is 0 Å². The van der Waals surface area contributed by atoms with Gasteiger partial charge in [-0.1, -0.05) is 0 Å². The van der Waals surface area contributed by atoms with Crippen LogP contribution in [0.5, 0.6) is 0 Å². The molecule has 0 bridgehead atoms. The summed E-state index contributed by atoms with van der Waals surface area (Å²) in [5.41, 5.74) is 0. The zero-order chi connectivity index (χ0) is 4.50. The van der Waals surface area contributed by atoms with E-state index in [0.717, 1.165) is 0 Å². The second-order valence-electron chi connectivity index (χ2n) is 0.513. The fourth-order valence-electron chi connectivity index (χ4n) is 0. The molecule has 0 fully saturated rings. The molecule has 0 aromatic heterocycles. The summed E-state index contributed by atoms with van der Waals surface area (Å²) in [6.45, 7) is 0. The van der Waals surface area contributed by atoms with E-state index < -0.39 is 7.82 Å². The molecule has 0 atom stereocenters. The lowest BCUT2D eigenvalue weighted by Gasteiger charge is -1.82. The highest BCUT2D eigenvalue weighted by Crippen LogP contribution is 2.25. The van der Waals surface area contributed by atoms with Gasteiger partial charge in [0.25, 0.3) is 0 Å². The Bertz CT molecular complexity index is 57.4. The van der Waals surface area contributed by atoms with Gasteiger partial charge in [0, 0.05) is 0 Å². The van der Waals surface area contributed by atoms with Gasteiger partial charge in [0.1, 0.15) is 0 Å². The van der Waals surface area contributed by atoms with Crippen LogP contribution in [-0.2, 0) is 4.57 Å². The number of hydrogen-bond donors (Lipinski definition) is 3. The third kappa shape index (κ3) is 83.6. The predicted octanol–water partition coefficient (Wildman–Crippen LogP) is 0.925. The SMILES string of the molecule is I.I.I.O=P(O)(O)O. The second-order valence-corrected chi connectivity index (χ2v) is 1.54. The highest BCUT2D eigenvalue weighted by Gasteiger charge is 2.00. The maximum atomic E-state index is 8.88. The summed E-state index contributed by atoms with van der Waals surface area (Å²) in [6, 6.07) is 0. The molecule has 56 valence electrons. The molecule has 4 nitrogen and oxygen atoms in total. The summed E-state index contributed by atoms with van der Waals surface area (Å²) in [7, 11) is -4.64. The van der Waals surface area contributed by atoms with Crippen LogP contribution in [0.1, 0.15) is 0 Å². The van der Waals surface area contributed by atoms with E-state index in [1.807, 2.05) is 0 Å². The van der Waals surface area contributed by atoms with Crippen molar-refractivity contribution in [3.63, 3.8) is 0 Å².